The third-order valence-corrected chi connectivity index (χ3v) is 4.41. The lowest BCUT2D eigenvalue weighted by molar-refractivity contribution is -0.136. The van der Waals surface area contributed by atoms with Gasteiger partial charge < -0.3 is 14.5 Å². The number of carbonyl (C=O) groups excluding carboxylic acids is 2. The summed E-state index contributed by atoms with van der Waals surface area (Å²) in [4.78, 5) is 28.4. The molecular weight excluding hydrogens is 280 g/mol. The van der Waals surface area contributed by atoms with Crippen LogP contribution in [0.25, 0.3) is 0 Å². The molecule has 1 heterocycles. The second-order valence-electron chi connectivity index (χ2n) is 7.48. The summed E-state index contributed by atoms with van der Waals surface area (Å²) < 4.78 is 5.43. The van der Waals surface area contributed by atoms with E-state index in [0.29, 0.717) is 25.5 Å². The molecule has 5 nitrogen and oxygen atoms in total. The Labute approximate surface area is 134 Å². The third kappa shape index (κ3) is 4.89. The van der Waals surface area contributed by atoms with Gasteiger partial charge in [0, 0.05) is 32.1 Å². The maximum absolute atomic E-state index is 12.6. The van der Waals surface area contributed by atoms with Gasteiger partial charge in [0.15, 0.2) is 0 Å². The van der Waals surface area contributed by atoms with E-state index in [1.165, 1.54) is 19.3 Å². The van der Waals surface area contributed by atoms with E-state index in [0.717, 1.165) is 25.8 Å². The van der Waals surface area contributed by atoms with E-state index in [4.69, 9.17) is 4.74 Å². The molecule has 0 unspecified atom stereocenters. The SMILES string of the molecule is CC(C)(C)OC(=O)N1CCCN(C(=O)C2CCCCC2)CC1. The van der Waals surface area contributed by atoms with E-state index in [-0.39, 0.29) is 12.0 Å². The molecule has 126 valence electrons. The minimum atomic E-state index is -0.471. The van der Waals surface area contributed by atoms with Crippen LogP contribution in [-0.2, 0) is 9.53 Å². The molecule has 0 aromatic heterocycles. The summed E-state index contributed by atoms with van der Waals surface area (Å²) in [5.74, 6) is 0.507. The highest BCUT2D eigenvalue weighted by atomic mass is 16.6. The van der Waals surface area contributed by atoms with Gasteiger partial charge in [-0.3, -0.25) is 4.79 Å². The highest BCUT2D eigenvalue weighted by Crippen LogP contribution is 2.26. The fourth-order valence-corrected chi connectivity index (χ4v) is 3.25. The highest BCUT2D eigenvalue weighted by Gasteiger charge is 2.29. The van der Waals surface area contributed by atoms with Crippen LogP contribution in [0.5, 0.6) is 0 Å². The Balaban J connectivity index is 1.86. The molecule has 2 amide bonds. The van der Waals surface area contributed by atoms with Gasteiger partial charge in [0.1, 0.15) is 5.60 Å². The molecule has 2 fully saturated rings. The quantitative estimate of drug-likeness (QED) is 0.748. The van der Waals surface area contributed by atoms with Crippen LogP contribution >= 0.6 is 0 Å². The minimum absolute atomic E-state index is 0.210. The number of hydrogen-bond acceptors (Lipinski definition) is 3. The number of rotatable bonds is 1. The van der Waals surface area contributed by atoms with Crippen molar-refractivity contribution in [1.29, 1.82) is 0 Å². The molecule has 0 aromatic rings. The molecule has 22 heavy (non-hydrogen) atoms. The summed E-state index contributed by atoms with van der Waals surface area (Å²) in [6.07, 6.45) is 6.24. The van der Waals surface area contributed by atoms with E-state index in [2.05, 4.69) is 0 Å². The molecule has 0 spiro atoms. The number of ether oxygens (including phenoxy) is 1. The fourth-order valence-electron chi connectivity index (χ4n) is 3.25. The summed E-state index contributed by atoms with van der Waals surface area (Å²) >= 11 is 0. The average molecular weight is 310 g/mol. The van der Waals surface area contributed by atoms with Crippen LogP contribution in [0.15, 0.2) is 0 Å². The van der Waals surface area contributed by atoms with Gasteiger partial charge >= 0.3 is 6.09 Å². The largest absolute Gasteiger partial charge is 0.444 e. The molecule has 2 aliphatic rings. The molecular formula is C17H30N2O3. The van der Waals surface area contributed by atoms with E-state index >= 15 is 0 Å². The summed E-state index contributed by atoms with van der Waals surface area (Å²) in [5.41, 5.74) is -0.471. The topological polar surface area (TPSA) is 49.9 Å². The molecule has 0 atom stereocenters. The van der Waals surface area contributed by atoms with Crippen molar-refractivity contribution in [3.8, 4) is 0 Å². The number of hydrogen-bond donors (Lipinski definition) is 0. The molecule has 5 heteroatoms. The van der Waals surface area contributed by atoms with Crippen molar-refractivity contribution in [3.63, 3.8) is 0 Å². The van der Waals surface area contributed by atoms with Crippen LogP contribution < -0.4 is 0 Å². The van der Waals surface area contributed by atoms with Crippen molar-refractivity contribution in [2.24, 2.45) is 5.92 Å². The van der Waals surface area contributed by atoms with E-state index in [9.17, 15) is 9.59 Å². The predicted octanol–water partition coefficient (Wildman–Crippen LogP) is 3.04. The van der Waals surface area contributed by atoms with Crippen LogP contribution in [0.4, 0.5) is 4.79 Å². The van der Waals surface area contributed by atoms with Gasteiger partial charge in [-0.2, -0.15) is 0 Å². The molecule has 0 aromatic carbocycles. The second kappa shape index (κ2) is 7.34. The van der Waals surface area contributed by atoms with Gasteiger partial charge in [0.05, 0.1) is 0 Å². The number of nitrogens with zero attached hydrogens (tertiary/aromatic N) is 2. The zero-order valence-corrected chi connectivity index (χ0v) is 14.3. The van der Waals surface area contributed by atoms with Crippen molar-refractivity contribution in [2.45, 2.75) is 64.9 Å². The van der Waals surface area contributed by atoms with Crippen molar-refractivity contribution >= 4 is 12.0 Å². The first-order valence-electron chi connectivity index (χ1n) is 8.63. The van der Waals surface area contributed by atoms with Gasteiger partial charge in [-0.25, -0.2) is 4.79 Å². The van der Waals surface area contributed by atoms with Gasteiger partial charge in [-0.1, -0.05) is 19.3 Å². The van der Waals surface area contributed by atoms with Gasteiger partial charge in [0.2, 0.25) is 5.91 Å². The molecule has 0 radical (unpaired) electrons. The first-order chi connectivity index (χ1) is 10.4. The fraction of sp³-hybridized carbons (Fsp3) is 0.882. The Morgan fingerprint density at radius 3 is 2.09 bits per heavy atom. The Bertz CT molecular complexity index is 397. The van der Waals surface area contributed by atoms with Crippen molar-refractivity contribution < 1.29 is 14.3 Å². The lowest BCUT2D eigenvalue weighted by Crippen LogP contribution is -2.41. The Kier molecular flexibility index (Phi) is 5.70. The number of amides is 2. The molecule has 0 N–H and O–H groups in total. The Hall–Kier alpha value is -1.26. The Morgan fingerprint density at radius 2 is 1.45 bits per heavy atom. The summed E-state index contributed by atoms with van der Waals surface area (Å²) in [6.45, 7) is 8.27. The van der Waals surface area contributed by atoms with Crippen molar-refractivity contribution in [3.05, 3.63) is 0 Å². The maximum Gasteiger partial charge on any atom is 0.410 e. The zero-order valence-electron chi connectivity index (χ0n) is 14.3. The molecule has 1 saturated carbocycles. The standard InChI is InChI=1S/C17H30N2O3/c1-17(2,3)22-16(21)19-11-7-10-18(12-13-19)15(20)14-8-5-4-6-9-14/h14H,4-13H2,1-3H3. The zero-order chi connectivity index (χ0) is 16.2. The second-order valence-corrected chi connectivity index (χ2v) is 7.48. The van der Waals surface area contributed by atoms with Crippen LogP contribution in [0, 0.1) is 5.92 Å². The summed E-state index contributed by atoms with van der Waals surface area (Å²) in [5, 5.41) is 0. The lowest BCUT2D eigenvalue weighted by atomic mass is 9.88. The number of carbonyl (C=O) groups is 2. The third-order valence-electron chi connectivity index (χ3n) is 4.41. The summed E-state index contributed by atoms with van der Waals surface area (Å²) in [6, 6.07) is 0. The minimum Gasteiger partial charge on any atom is -0.444 e. The van der Waals surface area contributed by atoms with Crippen LogP contribution in [-0.4, -0.2) is 53.6 Å². The van der Waals surface area contributed by atoms with E-state index < -0.39 is 5.60 Å². The lowest BCUT2D eigenvalue weighted by Gasteiger charge is -2.29. The van der Waals surface area contributed by atoms with Gasteiger partial charge in [-0.05, 0) is 40.0 Å². The van der Waals surface area contributed by atoms with Crippen molar-refractivity contribution in [2.75, 3.05) is 26.2 Å². The maximum atomic E-state index is 12.6. The van der Waals surface area contributed by atoms with Crippen LogP contribution in [0.3, 0.4) is 0 Å². The average Bonchev–Trinajstić information content (AvgIpc) is 2.71. The molecule has 2 rings (SSSR count). The molecule has 1 aliphatic heterocycles. The van der Waals surface area contributed by atoms with E-state index in [1.807, 2.05) is 25.7 Å². The highest BCUT2D eigenvalue weighted by molar-refractivity contribution is 5.79. The first kappa shape index (κ1) is 17.1. The Morgan fingerprint density at radius 1 is 0.864 bits per heavy atom. The first-order valence-corrected chi connectivity index (χ1v) is 8.63. The molecule has 1 aliphatic carbocycles. The van der Waals surface area contributed by atoms with Crippen LogP contribution in [0.2, 0.25) is 0 Å². The summed E-state index contributed by atoms with van der Waals surface area (Å²) in [7, 11) is 0. The van der Waals surface area contributed by atoms with Crippen molar-refractivity contribution in [1.82, 2.24) is 9.80 Å². The smallest absolute Gasteiger partial charge is 0.410 e. The molecule has 0 bridgehead atoms. The van der Waals surface area contributed by atoms with E-state index in [1.54, 1.807) is 4.90 Å². The predicted molar refractivity (Wildman–Crippen MR) is 85.6 cm³/mol. The molecule has 1 saturated heterocycles. The van der Waals surface area contributed by atoms with Crippen LogP contribution in [0.1, 0.15) is 59.3 Å². The normalized spacial score (nSPS) is 21.4. The van der Waals surface area contributed by atoms with Gasteiger partial charge in [0.25, 0.3) is 0 Å². The van der Waals surface area contributed by atoms with Gasteiger partial charge in [-0.15, -0.1) is 0 Å². The monoisotopic (exact) mass is 310 g/mol.